The van der Waals surface area contributed by atoms with Crippen LogP contribution in [0.2, 0.25) is 0 Å². The molecule has 1 aromatic carbocycles. The van der Waals surface area contributed by atoms with E-state index in [4.69, 9.17) is 0 Å². The Morgan fingerprint density at radius 2 is 2.00 bits per heavy atom. The molecule has 3 unspecified atom stereocenters. The van der Waals surface area contributed by atoms with E-state index in [1.807, 2.05) is 37.3 Å². The quantitative estimate of drug-likeness (QED) is 0.690. The van der Waals surface area contributed by atoms with Gasteiger partial charge < -0.3 is 16.0 Å². The molecule has 2 heterocycles. The molecule has 2 amide bonds. The van der Waals surface area contributed by atoms with Crippen molar-refractivity contribution in [3.63, 3.8) is 0 Å². The predicted molar refractivity (Wildman–Crippen MR) is 110 cm³/mol. The van der Waals surface area contributed by atoms with Crippen molar-refractivity contribution in [2.24, 2.45) is 5.92 Å². The number of nitrogens with zero attached hydrogens (tertiary/aromatic N) is 1. The van der Waals surface area contributed by atoms with Crippen molar-refractivity contribution in [3.8, 4) is 0 Å². The van der Waals surface area contributed by atoms with Gasteiger partial charge in [-0.1, -0.05) is 18.2 Å². The van der Waals surface area contributed by atoms with Gasteiger partial charge in [0, 0.05) is 18.8 Å². The standard InChI is InChI=1S/C20H30N4O2.ClH/c1-15(19(25)23-17-8-3-2-4-9-17)24-12-6-7-16(14-24)13-22-20(26)18-10-5-11-21-18;/h2-4,8-9,15-16,18,21H,5-7,10-14H2,1H3,(H,22,26)(H,23,25);1H. The highest BCUT2D eigenvalue weighted by Crippen LogP contribution is 2.19. The van der Waals surface area contributed by atoms with E-state index in [2.05, 4.69) is 20.9 Å². The summed E-state index contributed by atoms with van der Waals surface area (Å²) >= 11 is 0. The highest BCUT2D eigenvalue weighted by Gasteiger charge is 2.28. The Morgan fingerprint density at radius 1 is 1.22 bits per heavy atom. The first-order valence-corrected chi connectivity index (χ1v) is 9.74. The second-order valence-corrected chi connectivity index (χ2v) is 7.43. The number of hydrogen-bond acceptors (Lipinski definition) is 4. The Labute approximate surface area is 167 Å². The Hall–Kier alpha value is -1.63. The Kier molecular flexibility index (Phi) is 8.54. The SMILES string of the molecule is CC(C(=O)Nc1ccccc1)N1CCCC(CNC(=O)C2CCCN2)C1.Cl. The smallest absolute Gasteiger partial charge is 0.241 e. The summed E-state index contributed by atoms with van der Waals surface area (Å²) in [6.07, 6.45) is 4.16. The van der Waals surface area contributed by atoms with Gasteiger partial charge in [-0.15, -0.1) is 12.4 Å². The molecule has 1 aromatic rings. The van der Waals surface area contributed by atoms with Gasteiger partial charge in [0.25, 0.3) is 0 Å². The van der Waals surface area contributed by atoms with E-state index in [1.54, 1.807) is 0 Å². The van der Waals surface area contributed by atoms with Crippen LogP contribution < -0.4 is 16.0 Å². The molecular formula is C20H31ClN4O2. The summed E-state index contributed by atoms with van der Waals surface area (Å²) in [5.41, 5.74) is 0.828. The molecule has 2 saturated heterocycles. The number of likely N-dealkylation sites (tertiary alicyclic amines) is 1. The molecule has 150 valence electrons. The van der Waals surface area contributed by atoms with Gasteiger partial charge in [0.2, 0.25) is 11.8 Å². The van der Waals surface area contributed by atoms with Crippen LogP contribution in [-0.4, -0.2) is 55.0 Å². The number of para-hydroxylation sites is 1. The fraction of sp³-hybridized carbons (Fsp3) is 0.600. The van der Waals surface area contributed by atoms with Crippen LogP contribution in [0, 0.1) is 5.92 Å². The highest BCUT2D eigenvalue weighted by atomic mass is 35.5. The summed E-state index contributed by atoms with van der Waals surface area (Å²) in [7, 11) is 0. The largest absolute Gasteiger partial charge is 0.354 e. The number of hydrogen-bond donors (Lipinski definition) is 3. The van der Waals surface area contributed by atoms with Crippen LogP contribution in [0.15, 0.2) is 30.3 Å². The minimum absolute atomic E-state index is 0. The zero-order chi connectivity index (χ0) is 18.4. The molecule has 7 heteroatoms. The molecule has 0 saturated carbocycles. The molecule has 0 aromatic heterocycles. The Morgan fingerprint density at radius 3 is 2.70 bits per heavy atom. The van der Waals surface area contributed by atoms with Gasteiger partial charge >= 0.3 is 0 Å². The van der Waals surface area contributed by atoms with E-state index in [-0.39, 0.29) is 36.3 Å². The molecule has 2 aliphatic rings. The lowest BCUT2D eigenvalue weighted by atomic mass is 9.96. The van der Waals surface area contributed by atoms with Crippen molar-refractivity contribution in [2.75, 3.05) is 31.5 Å². The van der Waals surface area contributed by atoms with Crippen molar-refractivity contribution in [3.05, 3.63) is 30.3 Å². The maximum Gasteiger partial charge on any atom is 0.241 e. The summed E-state index contributed by atoms with van der Waals surface area (Å²) in [6.45, 7) is 5.37. The van der Waals surface area contributed by atoms with Crippen molar-refractivity contribution < 1.29 is 9.59 Å². The number of nitrogens with one attached hydrogen (secondary N) is 3. The van der Waals surface area contributed by atoms with Crippen LogP contribution in [-0.2, 0) is 9.59 Å². The molecule has 2 fully saturated rings. The van der Waals surface area contributed by atoms with Gasteiger partial charge in [0.15, 0.2) is 0 Å². The molecule has 0 bridgehead atoms. The van der Waals surface area contributed by atoms with Gasteiger partial charge in [-0.3, -0.25) is 14.5 Å². The molecule has 27 heavy (non-hydrogen) atoms. The summed E-state index contributed by atoms with van der Waals surface area (Å²) < 4.78 is 0. The number of piperidine rings is 1. The van der Waals surface area contributed by atoms with Crippen LogP contribution in [0.4, 0.5) is 5.69 Å². The molecule has 3 rings (SSSR count). The summed E-state index contributed by atoms with van der Waals surface area (Å²) in [4.78, 5) is 26.9. The third kappa shape index (κ3) is 6.19. The third-order valence-electron chi connectivity index (χ3n) is 5.46. The molecule has 0 aliphatic carbocycles. The van der Waals surface area contributed by atoms with E-state index in [1.165, 1.54) is 0 Å². The number of halogens is 1. The normalized spacial score (nSPS) is 23.9. The van der Waals surface area contributed by atoms with Gasteiger partial charge in [-0.25, -0.2) is 0 Å². The lowest BCUT2D eigenvalue weighted by molar-refractivity contribution is -0.124. The number of amides is 2. The summed E-state index contributed by atoms with van der Waals surface area (Å²) in [5.74, 6) is 0.548. The van der Waals surface area contributed by atoms with Crippen molar-refractivity contribution in [1.82, 2.24) is 15.5 Å². The molecular weight excluding hydrogens is 364 g/mol. The third-order valence-corrected chi connectivity index (χ3v) is 5.46. The van der Waals surface area contributed by atoms with Crippen LogP contribution in [0.3, 0.4) is 0 Å². The average molecular weight is 395 g/mol. The predicted octanol–water partition coefficient (Wildman–Crippen LogP) is 2.02. The topological polar surface area (TPSA) is 73.5 Å². The zero-order valence-electron chi connectivity index (χ0n) is 15.9. The van der Waals surface area contributed by atoms with E-state index in [0.29, 0.717) is 12.5 Å². The lowest BCUT2D eigenvalue weighted by Gasteiger charge is -2.36. The Bertz CT molecular complexity index is 607. The fourth-order valence-corrected chi connectivity index (χ4v) is 3.83. The molecule has 3 N–H and O–H groups in total. The second-order valence-electron chi connectivity index (χ2n) is 7.43. The first kappa shape index (κ1) is 21.7. The zero-order valence-corrected chi connectivity index (χ0v) is 16.8. The van der Waals surface area contributed by atoms with Crippen LogP contribution in [0.1, 0.15) is 32.6 Å². The van der Waals surface area contributed by atoms with E-state index in [0.717, 1.165) is 51.0 Å². The minimum Gasteiger partial charge on any atom is -0.354 e. The first-order chi connectivity index (χ1) is 12.6. The van der Waals surface area contributed by atoms with Gasteiger partial charge in [-0.05, 0) is 63.7 Å². The Balaban J connectivity index is 0.00000261. The van der Waals surface area contributed by atoms with Crippen molar-refractivity contribution in [1.29, 1.82) is 0 Å². The van der Waals surface area contributed by atoms with Crippen LogP contribution in [0.25, 0.3) is 0 Å². The minimum atomic E-state index is -0.176. The van der Waals surface area contributed by atoms with Crippen molar-refractivity contribution in [2.45, 2.75) is 44.7 Å². The lowest BCUT2D eigenvalue weighted by Crippen LogP contribution is -2.50. The van der Waals surface area contributed by atoms with E-state index >= 15 is 0 Å². The van der Waals surface area contributed by atoms with Crippen molar-refractivity contribution >= 4 is 29.9 Å². The number of rotatable bonds is 6. The van der Waals surface area contributed by atoms with Gasteiger partial charge in [0.05, 0.1) is 12.1 Å². The van der Waals surface area contributed by atoms with Gasteiger partial charge in [0.1, 0.15) is 0 Å². The summed E-state index contributed by atoms with van der Waals surface area (Å²) in [6, 6.07) is 9.37. The molecule has 2 aliphatic heterocycles. The number of benzene rings is 1. The molecule has 6 nitrogen and oxygen atoms in total. The summed E-state index contributed by atoms with van der Waals surface area (Å²) in [5, 5.41) is 9.31. The maximum absolute atomic E-state index is 12.5. The van der Waals surface area contributed by atoms with Gasteiger partial charge in [-0.2, -0.15) is 0 Å². The average Bonchev–Trinajstić information content (AvgIpc) is 3.21. The number of carbonyl (C=O) groups is 2. The maximum atomic E-state index is 12.5. The molecule has 0 radical (unpaired) electrons. The molecule has 0 spiro atoms. The van der Waals surface area contributed by atoms with Crippen LogP contribution >= 0.6 is 12.4 Å². The van der Waals surface area contributed by atoms with E-state index < -0.39 is 0 Å². The number of carbonyl (C=O) groups excluding carboxylic acids is 2. The van der Waals surface area contributed by atoms with Crippen LogP contribution in [0.5, 0.6) is 0 Å². The second kappa shape index (κ2) is 10.6. The first-order valence-electron chi connectivity index (χ1n) is 9.74. The molecule has 3 atom stereocenters. The number of anilines is 1. The fourth-order valence-electron chi connectivity index (χ4n) is 3.83. The highest BCUT2D eigenvalue weighted by molar-refractivity contribution is 5.94. The monoisotopic (exact) mass is 394 g/mol. The van der Waals surface area contributed by atoms with E-state index in [9.17, 15) is 9.59 Å².